The van der Waals surface area contributed by atoms with Gasteiger partial charge in [0, 0.05) is 13.7 Å². The Labute approximate surface area is 65.4 Å². The summed E-state index contributed by atoms with van der Waals surface area (Å²) in [7, 11) is 0.522. The van der Waals surface area contributed by atoms with Crippen molar-refractivity contribution in [1.82, 2.24) is 0 Å². The molecule has 0 aliphatic rings. The molecule has 0 spiro atoms. The van der Waals surface area contributed by atoms with E-state index < -0.39 is 9.28 Å². The summed E-state index contributed by atoms with van der Waals surface area (Å²) in [5, 5.41) is 0. The third-order valence-electron chi connectivity index (χ3n) is 1.41. The summed E-state index contributed by atoms with van der Waals surface area (Å²) in [6.07, 6.45) is 2.48. The summed E-state index contributed by atoms with van der Waals surface area (Å²) < 4.78 is 10.6. The topological polar surface area (TPSA) is 18.5 Å². The van der Waals surface area contributed by atoms with Crippen molar-refractivity contribution in [2.45, 2.75) is 32.7 Å². The van der Waals surface area contributed by atoms with Crippen LogP contribution in [0.15, 0.2) is 0 Å². The second kappa shape index (κ2) is 7.25. The minimum atomic E-state index is -1.23. The second-order valence-corrected chi connectivity index (χ2v) is 4.50. The third kappa shape index (κ3) is 4.96. The largest absolute Gasteiger partial charge is 0.400 e. The fourth-order valence-electron chi connectivity index (χ4n) is 0.826. The van der Waals surface area contributed by atoms with E-state index in [0.717, 1.165) is 12.7 Å². The zero-order chi connectivity index (χ0) is 7.82. The van der Waals surface area contributed by atoms with Gasteiger partial charge in [-0.15, -0.1) is 0 Å². The first-order chi connectivity index (χ1) is 4.85. The molecule has 2 nitrogen and oxygen atoms in total. The molecule has 0 aromatic rings. The van der Waals surface area contributed by atoms with E-state index >= 15 is 0 Å². The average Bonchev–Trinajstić information content (AvgIpc) is 1.98. The van der Waals surface area contributed by atoms with Crippen molar-refractivity contribution >= 4 is 9.28 Å². The predicted molar refractivity (Wildman–Crippen MR) is 45.5 cm³/mol. The molecule has 0 heterocycles. The molecule has 0 aliphatic heterocycles. The Bertz CT molecular complexity index is 68.6. The first-order valence-corrected chi connectivity index (χ1v) is 5.75. The quantitative estimate of drug-likeness (QED) is 0.553. The maximum atomic E-state index is 5.41. The van der Waals surface area contributed by atoms with Crippen molar-refractivity contribution < 1.29 is 8.85 Å². The van der Waals surface area contributed by atoms with Crippen LogP contribution in [0.2, 0.25) is 6.04 Å². The van der Waals surface area contributed by atoms with Crippen LogP contribution in [0.5, 0.6) is 0 Å². The van der Waals surface area contributed by atoms with Gasteiger partial charge in [0.25, 0.3) is 0 Å². The highest BCUT2D eigenvalue weighted by atomic mass is 28.3. The molecule has 3 heteroatoms. The van der Waals surface area contributed by atoms with Gasteiger partial charge in [-0.25, -0.2) is 0 Å². The maximum absolute atomic E-state index is 5.41. The van der Waals surface area contributed by atoms with Crippen molar-refractivity contribution in [3.8, 4) is 0 Å². The smallest absolute Gasteiger partial charge is 0.321 e. The normalized spacial score (nSPS) is 13.5. The predicted octanol–water partition coefficient (Wildman–Crippen LogP) is 1.69. The monoisotopic (exact) mass is 162 g/mol. The van der Waals surface area contributed by atoms with E-state index in [1.807, 2.05) is 6.92 Å². The molecular formula is C7H18O2Si. The minimum absolute atomic E-state index is 0.800. The Balaban J connectivity index is 3.21. The van der Waals surface area contributed by atoms with Gasteiger partial charge in [0.05, 0.1) is 0 Å². The van der Waals surface area contributed by atoms with Gasteiger partial charge in [-0.2, -0.15) is 0 Å². The summed E-state index contributed by atoms with van der Waals surface area (Å²) in [5.74, 6) is 0. The van der Waals surface area contributed by atoms with E-state index in [0.29, 0.717) is 0 Å². The lowest BCUT2D eigenvalue weighted by atomic mass is 10.4. The highest BCUT2D eigenvalue weighted by molar-refractivity contribution is 6.44. The zero-order valence-electron chi connectivity index (χ0n) is 7.22. The number of hydrogen-bond acceptors (Lipinski definition) is 2. The van der Waals surface area contributed by atoms with Crippen molar-refractivity contribution in [1.29, 1.82) is 0 Å². The lowest BCUT2D eigenvalue weighted by Crippen LogP contribution is -2.20. The van der Waals surface area contributed by atoms with Crippen LogP contribution < -0.4 is 0 Å². The summed E-state index contributed by atoms with van der Waals surface area (Å²) in [6.45, 7) is 5.01. The molecule has 0 aromatic carbocycles. The van der Waals surface area contributed by atoms with Crippen LogP contribution in [0.4, 0.5) is 0 Å². The summed E-state index contributed by atoms with van der Waals surface area (Å²) in [5.41, 5.74) is 0. The van der Waals surface area contributed by atoms with Gasteiger partial charge in [0.15, 0.2) is 0 Å². The van der Waals surface area contributed by atoms with Gasteiger partial charge in [-0.3, -0.25) is 0 Å². The van der Waals surface area contributed by atoms with Gasteiger partial charge in [-0.1, -0.05) is 19.8 Å². The highest BCUT2D eigenvalue weighted by Gasteiger charge is 2.08. The highest BCUT2D eigenvalue weighted by Crippen LogP contribution is 2.02. The minimum Gasteiger partial charge on any atom is -0.400 e. The second-order valence-electron chi connectivity index (χ2n) is 2.26. The molecule has 0 aliphatic carbocycles. The standard InChI is InChI=1S/C7H18O2Si/c1-4-6-7-10(8-3)9-5-2/h10H,4-7H2,1-3H3. The molecule has 0 bridgehead atoms. The van der Waals surface area contributed by atoms with Crippen molar-refractivity contribution in [3.05, 3.63) is 0 Å². The van der Waals surface area contributed by atoms with Crippen LogP contribution >= 0.6 is 0 Å². The van der Waals surface area contributed by atoms with Gasteiger partial charge in [0.1, 0.15) is 0 Å². The van der Waals surface area contributed by atoms with Crippen molar-refractivity contribution in [2.75, 3.05) is 13.7 Å². The van der Waals surface area contributed by atoms with Crippen molar-refractivity contribution in [2.24, 2.45) is 0 Å². The Hall–Kier alpha value is 0.137. The summed E-state index contributed by atoms with van der Waals surface area (Å²) >= 11 is 0. The van der Waals surface area contributed by atoms with Gasteiger partial charge in [0.2, 0.25) is 0 Å². The van der Waals surface area contributed by atoms with E-state index in [4.69, 9.17) is 8.85 Å². The molecular weight excluding hydrogens is 144 g/mol. The van der Waals surface area contributed by atoms with Crippen LogP contribution in [0.3, 0.4) is 0 Å². The summed E-state index contributed by atoms with van der Waals surface area (Å²) in [4.78, 5) is 0. The zero-order valence-corrected chi connectivity index (χ0v) is 8.38. The average molecular weight is 162 g/mol. The van der Waals surface area contributed by atoms with E-state index in [2.05, 4.69) is 6.92 Å². The fraction of sp³-hybridized carbons (Fsp3) is 1.00. The molecule has 0 aromatic heterocycles. The maximum Gasteiger partial charge on any atom is 0.321 e. The number of unbranched alkanes of at least 4 members (excludes halogenated alkanes) is 1. The van der Waals surface area contributed by atoms with Crippen LogP contribution in [0.1, 0.15) is 26.7 Å². The fourth-order valence-corrected chi connectivity index (χ4v) is 2.48. The first kappa shape index (κ1) is 10.1. The molecule has 0 fully saturated rings. The first-order valence-electron chi connectivity index (χ1n) is 3.99. The van der Waals surface area contributed by atoms with Gasteiger partial charge < -0.3 is 8.85 Å². The SMILES string of the molecule is CCCC[SiH](OC)OCC. The molecule has 0 radical (unpaired) electrons. The van der Waals surface area contributed by atoms with Crippen LogP contribution in [0, 0.1) is 0 Å². The molecule has 10 heavy (non-hydrogen) atoms. The molecule has 62 valence electrons. The van der Waals surface area contributed by atoms with E-state index in [1.54, 1.807) is 7.11 Å². The van der Waals surface area contributed by atoms with Crippen LogP contribution in [0.25, 0.3) is 0 Å². The van der Waals surface area contributed by atoms with E-state index in [9.17, 15) is 0 Å². The van der Waals surface area contributed by atoms with Gasteiger partial charge >= 0.3 is 9.28 Å². The Morgan fingerprint density at radius 3 is 2.40 bits per heavy atom. The third-order valence-corrected chi connectivity index (χ3v) is 3.52. The van der Waals surface area contributed by atoms with Crippen molar-refractivity contribution in [3.63, 3.8) is 0 Å². The van der Waals surface area contributed by atoms with Crippen LogP contribution in [-0.4, -0.2) is 23.0 Å². The lowest BCUT2D eigenvalue weighted by molar-refractivity contribution is 0.240. The number of hydrogen-bond donors (Lipinski definition) is 0. The van der Waals surface area contributed by atoms with E-state index in [-0.39, 0.29) is 0 Å². The summed E-state index contributed by atoms with van der Waals surface area (Å²) in [6, 6.07) is 1.15. The number of rotatable bonds is 6. The molecule has 1 unspecified atom stereocenters. The molecule has 0 saturated heterocycles. The van der Waals surface area contributed by atoms with Gasteiger partial charge in [-0.05, 0) is 13.0 Å². The molecule has 0 rings (SSSR count). The molecule has 0 N–H and O–H groups in total. The molecule has 1 atom stereocenters. The van der Waals surface area contributed by atoms with Crippen LogP contribution in [-0.2, 0) is 8.85 Å². The van der Waals surface area contributed by atoms with E-state index in [1.165, 1.54) is 12.8 Å². The lowest BCUT2D eigenvalue weighted by Gasteiger charge is -2.11. The molecule has 0 saturated carbocycles. The molecule has 0 amide bonds. The Morgan fingerprint density at radius 2 is 2.00 bits per heavy atom. The Kier molecular flexibility index (Phi) is 7.35. The Morgan fingerprint density at radius 1 is 1.30 bits per heavy atom.